The van der Waals surface area contributed by atoms with Crippen LogP contribution in [0.15, 0.2) is 28.7 Å². The van der Waals surface area contributed by atoms with Crippen molar-refractivity contribution in [3.05, 3.63) is 30.2 Å². The Hall–Kier alpha value is -1.35. The van der Waals surface area contributed by atoms with E-state index < -0.39 is 0 Å². The van der Waals surface area contributed by atoms with Gasteiger partial charge in [-0.25, -0.2) is 4.98 Å². The molecule has 0 amide bonds. The molecule has 0 saturated carbocycles. The molecule has 2 N–H and O–H groups in total. The Balaban J connectivity index is 1.96. The molecule has 3 heteroatoms. The molecule has 2 aromatic rings. The molecule has 1 aromatic carbocycles. The van der Waals surface area contributed by atoms with Crippen LogP contribution in [0.5, 0.6) is 0 Å². The van der Waals surface area contributed by atoms with Crippen molar-refractivity contribution in [1.29, 1.82) is 0 Å². The van der Waals surface area contributed by atoms with Crippen LogP contribution in [0.2, 0.25) is 0 Å². The van der Waals surface area contributed by atoms with Gasteiger partial charge >= 0.3 is 0 Å². The molecule has 3 nitrogen and oxygen atoms in total. The van der Waals surface area contributed by atoms with Gasteiger partial charge < -0.3 is 9.73 Å². The van der Waals surface area contributed by atoms with E-state index in [1.165, 1.54) is 25.8 Å². The van der Waals surface area contributed by atoms with Crippen LogP contribution in [0, 0.1) is 0 Å². The lowest BCUT2D eigenvalue weighted by Gasteiger charge is -2.16. The largest absolute Gasteiger partial charge is 0.435 e. The molecule has 0 radical (unpaired) electrons. The van der Waals surface area contributed by atoms with E-state index in [-0.39, 0.29) is 0 Å². The monoisotopic (exact) mass is 203 g/mol. The standard InChI is InChI=1S/C12H14N2O/c1-2-7-11-9(5-1)14-12(15-11)10-6-3-4-8-13-10/h1-2,5,7,10,13H,3-4,6,8H2/p+1/t10-/m1/s1. The van der Waals surface area contributed by atoms with E-state index in [4.69, 9.17) is 4.42 Å². The molecule has 1 aliphatic rings. The number of hydrogen-bond acceptors (Lipinski definition) is 2. The SMILES string of the molecule is c1ccc2oc([C@H]3CCCC[NH2+]3)nc2c1. The predicted molar refractivity (Wildman–Crippen MR) is 57.4 cm³/mol. The number of hydrogen-bond donors (Lipinski definition) is 1. The summed E-state index contributed by atoms with van der Waals surface area (Å²) >= 11 is 0. The van der Waals surface area contributed by atoms with Gasteiger partial charge in [0, 0.05) is 6.42 Å². The Labute approximate surface area is 88.5 Å². The zero-order valence-electron chi connectivity index (χ0n) is 8.65. The molecule has 0 bridgehead atoms. The van der Waals surface area contributed by atoms with Gasteiger partial charge in [-0.2, -0.15) is 0 Å². The van der Waals surface area contributed by atoms with Crippen molar-refractivity contribution in [2.24, 2.45) is 0 Å². The maximum atomic E-state index is 5.77. The van der Waals surface area contributed by atoms with Crippen LogP contribution < -0.4 is 5.32 Å². The van der Waals surface area contributed by atoms with Gasteiger partial charge in [-0.3, -0.25) is 0 Å². The van der Waals surface area contributed by atoms with Crippen LogP contribution in [-0.2, 0) is 0 Å². The Morgan fingerprint density at radius 1 is 1.27 bits per heavy atom. The fourth-order valence-electron chi connectivity index (χ4n) is 2.22. The number of benzene rings is 1. The molecule has 0 aliphatic carbocycles. The average Bonchev–Trinajstić information content (AvgIpc) is 2.74. The van der Waals surface area contributed by atoms with E-state index in [2.05, 4.69) is 10.3 Å². The van der Waals surface area contributed by atoms with Gasteiger partial charge in [-0.15, -0.1) is 0 Å². The first-order valence-corrected chi connectivity index (χ1v) is 5.62. The summed E-state index contributed by atoms with van der Waals surface area (Å²) in [5.41, 5.74) is 1.89. The maximum Gasteiger partial charge on any atom is 0.254 e. The topological polar surface area (TPSA) is 42.6 Å². The molecule has 0 unspecified atom stereocenters. The second-order valence-corrected chi connectivity index (χ2v) is 4.15. The Kier molecular flexibility index (Phi) is 2.18. The van der Waals surface area contributed by atoms with Crippen LogP contribution in [0.4, 0.5) is 0 Å². The first-order valence-electron chi connectivity index (χ1n) is 5.62. The smallest absolute Gasteiger partial charge is 0.254 e. The maximum absolute atomic E-state index is 5.77. The lowest BCUT2D eigenvalue weighted by Crippen LogP contribution is -2.86. The molecule has 0 spiro atoms. The number of rotatable bonds is 1. The second kappa shape index (κ2) is 3.66. The van der Waals surface area contributed by atoms with Crippen molar-refractivity contribution >= 4 is 11.1 Å². The lowest BCUT2D eigenvalue weighted by molar-refractivity contribution is -0.706. The minimum atomic E-state index is 0.436. The number of nitrogens with zero attached hydrogens (tertiary/aromatic N) is 1. The zero-order valence-corrected chi connectivity index (χ0v) is 8.65. The summed E-state index contributed by atoms with van der Waals surface area (Å²) in [7, 11) is 0. The third-order valence-corrected chi connectivity index (χ3v) is 3.05. The van der Waals surface area contributed by atoms with E-state index in [0.29, 0.717) is 6.04 Å². The van der Waals surface area contributed by atoms with Crippen molar-refractivity contribution in [1.82, 2.24) is 4.98 Å². The zero-order chi connectivity index (χ0) is 10.1. The molecule has 1 aliphatic heterocycles. The summed E-state index contributed by atoms with van der Waals surface area (Å²) in [5.74, 6) is 0.899. The number of piperidine rings is 1. The molecule has 1 saturated heterocycles. The summed E-state index contributed by atoms with van der Waals surface area (Å²) in [4.78, 5) is 4.54. The molecule has 1 atom stereocenters. The van der Waals surface area contributed by atoms with Crippen molar-refractivity contribution in [2.75, 3.05) is 6.54 Å². The summed E-state index contributed by atoms with van der Waals surface area (Å²) in [5, 5.41) is 2.34. The highest BCUT2D eigenvalue weighted by Gasteiger charge is 2.23. The number of para-hydroxylation sites is 2. The van der Waals surface area contributed by atoms with Gasteiger partial charge in [-0.1, -0.05) is 12.1 Å². The first kappa shape index (κ1) is 8.92. The molecular formula is C12H15N2O+. The van der Waals surface area contributed by atoms with E-state index in [9.17, 15) is 0 Å². The normalized spacial score (nSPS) is 22.0. The van der Waals surface area contributed by atoms with Crippen LogP contribution in [0.25, 0.3) is 11.1 Å². The number of oxazole rings is 1. The number of quaternary nitrogens is 1. The molecule has 3 rings (SSSR count). The molecule has 1 aromatic heterocycles. The second-order valence-electron chi connectivity index (χ2n) is 4.15. The lowest BCUT2D eigenvalue weighted by atomic mass is 10.1. The Bertz CT molecular complexity index is 424. The average molecular weight is 203 g/mol. The van der Waals surface area contributed by atoms with Gasteiger partial charge in [0.25, 0.3) is 5.89 Å². The summed E-state index contributed by atoms with van der Waals surface area (Å²) in [6.07, 6.45) is 3.80. The number of fused-ring (bicyclic) bond motifs is 1. The highest BCUT2D eigenvalue weighted by atomic mass is 16.3. The van der Waals surface area contributed by atoms with E-state index in [1.807, 2.05) is 24.3 Å². The summed E-state index contributed by atoms with van der Waals surface area (Å²) in [6.45, 7) is 1.20. The van der Waals surface area contributed by atoms with Crippen LogP contribution in [0.3, 0.4) is 0 Å². The third kappa shape index (κ3) is 1.63. The summed E-state index contributed by atoms with van der Waals surface area (Å²) < 4.78 is 5.77. The molecule has 15 heavy (non-hydrogen) atoms. The van der Waals surface area contributed by atoms with E-state index in [0.717, 1.165) is 17.0 Å². The molecule has 78 valence electrons. The molecule has 1 fully saturated rings. The molecule has 2 heterocycles. The Morgan fingerprint density at radius 2 is 2.20 bits per heavy atom. The minimum Gasteiger partial charge on any atom is -0.435 e. The fourth-order valence-corrected chi connectivity index (χ4v) is 2.22. The van der Waals surface area contributed by atoms with Crippen LogP contribution in [0.1, 0.15) is 31.2 Å². The van der Waals surface area contributed by atoms with Gasteiger partial charge in [0.2, 0.25) is 0 Å². The van der Waals surface area contributed by atoms with Crippen LogP contribution >= 0.6 is 0 Å². The van der Waals surface area contributed by atoms with Crippen molar-refractivity contribution in [2.45, 2.75) is 25.3 Å². The minimum absolute atomic E-state index is 0.436. The predicted octanol–water partition coefficient (Wildman–Crippen LogP) is 1.62. The molecular weight excluding hydrogens is 188 g/mol. The highest BCUT2D eigenvalue weighted by molar-refractivity contribution is 5.72. The Morgan fingerprint density at radius 3 is 3.00 bits per heavy atom. The number of aromatic nitrogens is 1. The van der Waals surface area contributed by atoms with Crippen molar-refractivity contribution < 1.29 is 9.73 Å². The van der Waals surface area contributed by atoms with Gasteiger partial charge in [-0.05, 0) is 25.0 Å². The first-order chi connectivity index (χ1) is 7.43. The highest BCUT2D eigenvalue weighted by Crippen LogP contribution is 2.22. The third-order valence-electron chi connectivity index (χ3n) is 3.05. The summed E-state index contributed by atoms with van der Waals surface area (Å²) in [6, 6.07) is 8.41. The van der Waals surface area contributed by atoms with Gasteiger partial charge in [0.1, 0.15) is 5.52 Å². The van der Waals surface area contributed by atoms with Crippen molar-refractivity contribution in [3.63, 3.8) is 0 Å². The van der Waals surface area contributed by atoms with Gasteiger partial charge in [0.15, 0.2) is 11.6 Å². The van der Waals surface area contributed by atoms with Crippen molar-refractivity contribution in [3.8, 4) is 0 Å². The van der Waals surface area contributed by atoms with E-state index >= 15 is 0 Å². The van der Waals surface area contributed by atoms with Gasteiger partial charge in [0.05, 0.1) is 6.54 Å². The van der Waals surface area contributed by atoms with Crippen LogP contribution in [-0.4, -0.2) is 11.5 Å². The number of nitrogens with two attached hydrogens (primary N) is 1. The quantitative estimate of drug-likeness (QED) is 0.765. The fraction of sp³-hybridized carbons (Fsp3) is 0.417. The van der Waals surface area contributed by atoms with E-state index in [1.54, 1.807) is 0 Å².